The van der Waals surface area contributed by atoms with Crippen molar-refractivity contribution in [3.63, 3.8) is 0 Å². The summed E-state index contributed by atoms with van der Waals surface area (Å²) in [6, 6.07) is 5.88. The van der Waals surface area contributed by atoms with Crippen molar-refractivity contribution in [1.29, 1.82) is 0 Å². The molecule has 1 saturated heterocycles. The van der Waals surface area contributed by atoms with Crippen LogP contribution in [0.4, 0.5) is 4.39 Å². The van der Waals surface area contributed by atoms with Crippen molar-refractivity contribution in [2.75, 3.05) is 13.1 Å². The lowest BCUT2D eigenvalue weighted by atomic mass is 9.96. The minimum absolute atomic E-state index is 0.0156. The lowest BCUT2D eigenvalue weighted by Gasteiger charge is -2.10. The highest BCUT2D eigenvalue weighted by Gasteiger charge is 2.27. The van der Waals surface area contributed by atoms with Gasteiger partial charge >= 0.3 is 0 Å². The lowest BCUT2D eigenvalue weighted by Crippen LogP contribution is -2.08. The van der Waals surface area contributed by atoms with E-state index in [1.165, 1.54) is 18.4 Å². The Hall–Kier alpha value is -0.890. The fourth-order valence-corrected chi connectivity index (χ4v) is 2.46. The first-order valence-corrected chi connectivity index (χ1v) is 5.84. The second-order valence-corrected chi connectivity index (χ2v) is 4.74. The predicted octanol–water partition coefficient (Wildman–Crippen LogP) is 2.78. The molecule has 1 atom stereocenters. The van der Waals surface area contributed by atoms with Crippen molar-refractivity contribution in [3.05, 3.63) is 35.1 Å². The molecule has 2 fully saturated rings. The number of rotatable bonds is 2. The maximum Gasteiger partial charge on any atom is 0.126 e. The minimum Gasteiger partial charge on any atom is -0.316 e. The second kappa shape index (κ2) is 3.60. The number of halogens is 1. The van der Waals surface area contributed by atoms with E-state index in [9.17, 15) is 4.39 Å². The zero-order chi connectivity index (χ0) is 10.3. The normalized spacial score (nSPS) is 25.8. The van der Waals surface area contributed by atoms with Crippen LogP contribution in [0, 0.1) is 5.82 Å². The molecular weight excluding hydrogens is 189 g/mol. The van der Waals surface area contributed by atoms with Crippen LogP contribution in [0.5, 0.6) is 0 Å². The van der Waals surface area contributed by atoms with Gasteiger partial charge in [0.05, 0.1) is 0 Å². The van der Waals surface area contributed by atoms with Crippen molar-refractivity contribution in [1.82, 2.24) is 5.32 Å². The summed E-state index contributed by atoms with van der Waals surface area (Å²) < 4.78 is 13.8. The maximum absolute atomic E-state index is 13.8. The number of hydrogen-bond acceptors (Lipinski definition) is 1. The first kappa shape index (κ1) is 9.34. The van der Waals surface area contributed by atoms with Crippen LogP contribution in [-0.4, -0.2) is 13.1 Å². The summed E-state index contributed by atoms with van der Waals surface area (Å²) >= 11 is 0. The third kappa shape index (κ3) is 1.78. The van der Waals surface area contributed by atoms with E-state index < -0.39 is 0 Å². The van der Waals surface area contributed by atoms with Crippen LogP contribution in [0.3, 0.4) is 0 Å². The van der Waals surface area contributed by atoms with Gasteiger partial charge in [0.2, 0.25) is 0 Å². The van der Waals surface area contributed by atoms with Crippen molar-refractivity contribution in [3.8, 4) is 0 Å². The Morgan fingerprint density at radius 1 is 1.13 bits per heavy atom. The molecule has 80 valence electrons. The Morgan fingerprint density at radius 2 is 2.00 bits per heavy atom. The molecule has 1 aromatic carbocycles. The van der Waals surface area contributed by atoms with Gasteiger partial charge in [0.25, 0.3) is 0 Å². The smallest absolute Gasteiger partial charge is 0.126 e. The van der Waals surface area contributed by atoms with Gasteiger partial charge in [-0.25, -0.2) is 4.39 Å². The van der Waals surface area contributed by atoms with E-state index in [2.05, 4.69) is 11.4 Å². The highest BCUT2D eigenvalue weighted by molar-refractivity contribution is 5.32. The van der Waals surface area contributed by atoms with Gasteiger partial charge in [-0.05, 0) is 54.8 Å². The molecule has 1 nitrogen and oxygen atoms in total. The Balaban J connectivity index is 1.87. The molecule has 3 rings (SSSR count). The van der Waals surface area contributed by atoms with Crippen molar-refractivity contribution in [2.45, 2.75) is 31.1 Å². The summed E-state index contributed by atoms with van der Waals surface area (Å²) in [5.74, 6) is 1.05. The van der Waals surface area contributed by atoms with E-state index in [1.807, 2.05) is 6.07 Å². The fraction of sp³-hybridized carbons (Fsp3) is 0.538. The Labute approximate surface area is 89.7 Å². The SMILES string of the molecule is Fc1cc(C2CCNC2)ccc1C1CC1. The molecule has 1 aromatic rings. The Bertz CT molecular complexity index is 365. The number of hydrogen-bond donors (Lipinski definition) is 1. The van der Waals surface area contributed by atoms with Gasteiger partial charge in [-0.1, -0.05) is 12.1 Å². The average molecular weight is 205 g/mol. The van der Waals surface area contributed by atoms with Crippen molar-refractivity contribution >= 4 is 0 Å². The van der Waals surface area contributed by atoms with E-state index >= 15 is 0 Å². The lowest BCUT2D eigenvalue weighted by molar-refractivity contribution is 0.604. The van der Waals surface area contributed by atoms with Crippen LogP contribution < -0.4 is 5.32 Å². The summed E-state index contributed by atoms with van der Waals surface area (Å²) in [6.07, 6.45) is 3.48. The molecule has 0 bridgehead atoms. The fourth-order valence-electron chi connectivity index (χ4n) is 2.46. The number of benzene rings is 1. The zero-order valence-corrected chi connectivity index (χ0v) is 8.80. The van der Waals surface area contributed by atoms with Gasteiger partial charge in [-0.2, -0.15) is 0 Å². The van der Waals surface area contributed by atoms with Crippen LogP contribution in [0.1, 0.15) is 42.2 Å². The van der Waals surface area contributed by atoms with Gasteiger partial charge in [0.15, 0.2) is 0 Å². The van der Waals surface area contributed by atoms with Gasteiger partial charge in [-0.15, -0.1) is 0 Å². The largest absolute Gasteiger partial charge is 0.316 e. The highest BCUT2D eigenvalue weighted by atomic mass is 19.1. The van der Waals surface area contributed by atoms with Gasteiger partial charge in [-0.3, -0.25) is 0 Å². The quantitative estimate of drug-likeness (QED) is 0.782. The van der Waals surface area contributed by atoms with Gasteiger partial charge in [0.1, 0.15) is 5.82 Å². The van der Waals surface area contributed by atoms with E-state index in [0.29, 0.717) is 11.8 Å². The summed E-state index contributed by atoms with van der Waals surface area (Å²) in [7, 11) is 0. The molecule has 1 N–H and O–H groups in total. The third-order valence-corrected chi connectivity index (χ3v) is 3.57. The molecule has 1 aliphatic heterocycles. The number of nitrogens with one attached hydrogen (secondary N) is 1. The summed E-state index contributed by atoms with van der Waals surface area (Å²) in [4.78, 5) is 0. The van der Waals surface area contributed by atoms with E-state index in [1.54, 1.807) is 6.07 Å². The monoisotopic (exact) mass is 205 g/mol. The summed E-state index contributed by atoms with van der Waals surface area (Å²) in [6.45, 7) is 2.07. The standard InChI is InChI=1S/C13H16FN/c14-13-7-10(11-5-6-15-8-11)3-4-12(13)9-1-2-9/h3-4,7,9,11,15H,1-2,5-6,8H2. The molecule has 0 aromatic heterocycles. The van der Waals surface area contributed by atoms with E-state index in [-0.39, 0.29) is 5.82 Å². The van der Waals surface area contributed by atoms with Crippen LogP contribution in [-0.2, 0) is 0 Å². The Morgan fingerprint density at radius 3 is 2.60 bits per heavy atom. The van der Waals surface area contributed by atoms with Crippen LogP contribution in [0.25, 0.3) is 0 Å². The van der Waals surface area contributed by atoms with Crippen molar-refractivity contribution in [2.24, 2.45) is 0 Å². The van der Waals surface area contributed by atoms with E-state index in [0.717, 1.165) is 25.1 Å². The molecule has 2 aliphatic rings. The highest BCUT2D eigenvalue weighted by Crippen LogP contribution is 2.41. The summed E-state index contributed by atoms with van der Waals surface area (Å²) in [5.41, 5.74) is 2.10. The first-order chi connectivity index (χ1) is 7.34. The second-order valence-electron chi connectivity index (χ2n) is 4.74. The van der Waals surface area contributed by atoms with Gasteiger partial charge < -0.3 is 5.32 Å². The molecule has 15 heavy (non-hydrogen) atoms. The maximum atomic E-state index is 13.8. The Kier molecular flexibility index (Phi) is 2.24. The van der Waals surface area contributed by atoms with Gasteiger partial charge in [0, 0.05) is 6.54 Å². The van der Waals surface area contributed by atoms with Crippen LogP contribution >= 0.6 is 0 Å². The summed E-state index contributed by atoms with van der Waals surface area (Å²) in [5, 5.41) is 3.32. The molecule has 0 amide bonds. The topological polar surface area (TPSA) is 12.0 Å². The molecule has 0 spiro atoms. The molecule has 2 heteroatoms. The predicted molar refractivity (Wildman–Crippen MR) is 58.6 cm³/mol. The van der Waals surface area contributed by atoms with E-state index in [4.69, 9.17) is 0 Å². The molecule has 1 heterocycles. The average Bonchev–Trinajstić information content (AvgIpc) is 2.93. The van der Waals surface area contributed by atoms with Crippen molar-refractivity contribution < 1.29 is 4.39 Å². The van der Waals surface area contributed by atoms with Crippen LogP contribution in [0.2, 0.25) is 0 Å². The molecule has 1 unspecified atom stereocenters. The third-order valence-electron chi connectivity index (χ3n) is 3.57. The minimum atomic E-state index is 0.0156. The molecule has 0 radical (unpaired) electrons. The molecule has 1 aliphatic carbocycles. The van der Waals surface area contributed by atoms with Crippen LogP contribution in [0.15, 0.2) is 18.2 Å². The molecular formula is C13H16FN. The molecule has 1 saturated carbocycles. The zero-order valence-electron chi connectivity index (χ0n) is 8.80. The first-order valence-electron chi connectivity index (χ1n) is 5.84.